The third-order valence-corrected chi connectivity index (χ3v) is 6.16. The fraction of sp³-hybridized carbons (Fsp3) is 0.421. The van der Waals surface area contributed by atoms with Gasteiger partial charge < -0.3 is 10.0 Å². The second-order valence-electron chi connectivity index (χ2n) is 7.13. The Morgan fingerprint density at radius 3 is 2.25 bits per heavy atom. The summed E-state index contributed by atoms with van der Waals surface area (Å²) in [6.45, 7) is 1.80. The van der Waals surface area contributed by atoms with Crippen LogP contribution in [-0.4, -0.2) is 71.8 Å². The van der Waals surface area contributed by atoms with Gasteiger partial charge in [-0.15, -0.1) is 0 Å². The molecule has 1 fully saturated rings. The first-order valence-corrected chi connectivity index (χ1v) is 10.9. The number of rotatable bonds is 5. The molecule has 0 aliphatic carbocycles. The van der Waals surface area contributed by atoms with E-state index >= 15 is 0 Å². The average Bonchev–Trinajstić information content (AvgIpc) is 2.68. The summed E-state index contributed by atoms with van der Waals surface area (Å²) >= 11 is 0. The Bertz CT molecular complexity index is 921. The van der Waals surface area contributed by atoms with E-state index in [-0.39, 0.29) is 4.90 Å². The quantitative estimate of drug-likeness (QED) is 0.814. The van der Waals surface area contributed by atoms with Crippen LogP contribution >= 0.6 is 0 Å². The summed E-state index contributed by atoms with van der Waals surface area (Å²) < 4.78 is 23.1. The molecular weight excluding hydrogens is 380 g/mol. The van der Waals surface area contributed by atoms with Crippen molar-refractivity contribution in [2.24, 2.45) is 0 Å². The lowest BCUT2D eigenvalue weighted by Gasteiger charge is -2.35. The highest BCUT2D eigenvalue weighted by atomic mass is 32.2. The molecule has 1 amide bonds. The lowest BCUT2D eigenvalue weighted by Crippen LogP contribution is -2.44. The number of aromatic nitrogens is 2. The maximum absolute atomic E-state index is 11.5. The van der Waals surface area contributed by atoms with Gasteiger partial charge in [0, 0.05) is 55.5 Å². The third kappa shape index (κ3) is 4.85. The molecule has 1 aliphatic heterocycles. The number of likely N-dealkylation sites (tertiary alicyclic amines) is 1. The first-order valence-electron chi connectivity index (χ1n) is 9.03. The molecule has 1 saturated heterocycles. The van der Waals surface area contributed by atoms with Crippen LogP contribution in [0.2, 0.25) is 0 Å². The van der Waals surface area contributed by atoms with Gasteiger partial charge >= 0.3 is 6.09 Å². The molecule has 2 aromatic rings. The summed E-state index contributed by atoms with van der Waals surface area (Å²) in [6.07, 6.45) is 5.50. The topological polar surface area (TPSA) is 104 Å². The van der Waals surface area contributed by atoms with Crippen LogP contribution in [0, 0.1) is 0 Å². The van der Waals surface area contributed by atoms with E-state index in [4.69, 9.17) is 5.11 Å². The number of hydrogen-bond acceptors (Lipinski definition) is 6. The van der Waals surface area contributed by atoms with Gasteiger partial charge in [0.2, 0.25) is 0 Å². The molecule has 8 nitrogen and oxygen atoms in total. The minimum absolute atomic E-state index is 0.267. The normalized spacial score (nSPS) is 15.8. The van der Waals surface area contributed by atoms with Crippen molar-refractivity contribution >= 4 is 15.9 Å². The molecule has 9 heteroatoms. The lowest BCUT2D eigenvalue weighted by atomic mass is 10.0. The molecule has 1 aliphatic rings. The molecule has 0 bridgehead atoms. The SMILES string of the molecule is CN(Cc1cnc(-c2ccc(S(C)(=O)=O)cc2)nc1)C1CCN(C(=O)O)CC1. The summed E-state index contributed by atoms with van der Waals surface area (Å²) in [5.41, 5.74) is 1.73. The molecule has 1 N–H and O–H groups in total. The van der Waals surface area contributed by atoms with Crippen LogP contribution in [0.5, 0.6) is 0 Å². The Hall–Kier alpha value is -2.52. The Labute approximate surface area is 164 Å². The van der Waals surface area contributed by atoms with E-state index in [1.54, 1.807) is 36.7 Å². The van der Waals surface area contributed by atoms with Gasteiger partial charge in [0.05, 0.1) is 4.90 Å². The zero-order valence-corrected chi connectivity index (χ0v) is 16.8. The standard InChI is InChI=1S/C19H24N4O4S/c1-22(16-7-9-23(10-8-16)19(24)25)13-14-11-20-18(21-12-14)15-3-5-17(6-4-15)28(2,26)27/h3-6,11-12,16H,7-10,13H2,1-2H3,(H,24,25). The monoisotopic (exact) mass is 404 g/mol. The fourth-order valence-corrected chi connectivity index (χ4v) is 3.98. The van der Waals surface area contributed by atoms with E-state index in [1.807, 2.05) is 7.05 Å². The molecule has 2 heterocycles. The largest absolute Gasteiger partial charge is 0.465 e. The number of carbonyl (C=O) groups is 1. The van der Waals surface area contributed by atoms with Crippen LogP contribution in [0.4, 0.5) is 4.79 Å². The maximum atomic E-state index is 11.5. The zero-order valence-electron chi connectivity index (χ0n) is 15.9. The summed E-state index contributed by atoms with van der Waals surface area (Å²) in [4.78, 5) is 23.7. The molecule has 28 heavy (non-hydrogen) atoms. The smallest absolute Gasteiger partial charge is 0.407 e. The second kappa shape index (κ2) is 8.24. The highest BCUT2D eigenvalue weighted by Gasteiger charge is 2.24. The average molecular weight is 404 g/mol. The van der Waals surface area contributed by atoms with E-state index in [0.29, 0.717) is 31.5 Å². The van der Waals surface area contributed by atoms with Gasteiger partial charge in [0.1, 0.15) is 0 Å². The number of nitrogens with zero attached hydrogens (tertiary/aromatic N) is 4. The number of carboxylic acid groups (broad SMARTS) is 1. The number of benzene rings is 1. The number of piperidine rings is 1. The van der Waals surface area contributed by atoms with Crippen molar-refractivity contribution in [2.45, 2.75) is 30.3 Å². The third-order valence-electron chi connectivity index (χ3n) is 5.04. The van der Waals surface area contributed by atoms with Gasteiger partial charge in [-0.25, -0.2) is 23.2 Å². The van der Waals surface area contributed by atoms with Crippen molar-refractivity contribution in [3.05, 3.63) is 42.2 Å². The van der Waals surface area contributed by atoms with Gasteiger partial charge in [0.15, 0.2) is 15.7 Å². The van der Waals surface area contributed by atoms with Crippen LogP contribution in [0.1, 0.15) is 18.4 Å². The van der Waals surface area contributed by atoms with Gasteiger partial charge in [-0.05, 0) is 44.2 Å². The van der Waals surface area contributed by atoms with Crippen LogP contribution < -0.4 is 0 Å². The predicted octanol–water partition coefficient (Wildman–Crippen LogP) is 2.12. The van der Waals surface area contributed by atoms with Gasteiger partial charge in [-0.1, -0.05) is 0 Å². The van der Waals surface area contributed by atoms with E-state index in [2.05, 4.69) is 14.9 Å². The minimum atomic E-state index is -3.22. The molecule has 0 saturated carbocycles. The van der Waals surface area contributed by atoms with Crippen molar-refractivity contribution in [2.75, 3.05) is 26.4 Å². The van der Waals surface area contributed by atoms with Crippen molar-refractivity contribution < 1.29 is 18.3 Å². The fourth-order valence-electron chi connectivity index (χ4n) is 3.35. The van der Waals surface area contributed by atoms with E-state index in [9.17, 15) is 13.2 Å². The maximum Gasteiger partial charge on any atom is 0.407 e. The van der Waals surface area contributed by atoms with Gasteiger partial charge in [0.25, 0.3) is 0 Å². The van der Waals surface area contributed by atoms with Crippen molar-refractivity contribution in [3.8, 4) is 11.4 Å². The van der Waals surface area contributed by atoms with E-state index in [0.717, 1.165) is 24.0 Å². The number of sulfone groups is 1. The molecule has 3 rings (SSSR count). The summed E-state index contributed by atoms with van der Waals surface area (Å²) in [5, 5.41) is 9.04. The first-order chi connectivity index (χ1) is 13.2. The van der Waals surface area contributed by atoms with Crippen LogP contribution in [0.25, 0.3) is 11.4 Å². The lowest BCUT2D eigenvalue weighted by molar-refractivity contribution is 0.103. The highest BCUT2D eigenvalue weighted by Crippen LogP contribution is 2.20. The second-order valence-corrected chi connectivity index (χ2v) is 9.14. The Balaban J connectivity index is 1.61. The summed E-state index contributed by atoms with van der Waals surface area (Å²) in [5.74, 6) is 0.543. The molecule has 0 unspecified atom stereocenters. The van der Waals surface area contributed by atoms with Crippen molar-refractivity contribution in [3.63, 3.8) is 0 Å². The number of hydrogen-bond donors (Lipinski definition) is 1. The molecule has 0 atom stereocenters. The van der Waals surface area contributed by atoms with E-state index < -0.39 is 15.9 Å². The van der Waals surface area contributed by atoms with E-state index in [1.165, 1.54) is 11.2 Å². The zero-order chi connectivity index (χ0) is 20.3. The Morgan fingerprint density at radius 1 is 1.18 bits per heavy atom. The summed E-state index contributed by atoms with van der Waals surface area (Å²) in [7, 11) is -1.20. The molecule has 1 aromatic carbocycles. The minimum Gasteiger partial charge on any atom is -0.465 e. The van der Waals surface area contributed by atoms with Crippen molar-refractivity contribution in [1.29, 1.82) is 0 Å². The predicted molar refractivity (Wildman–Crippen MR) is 105 cm³/mol. The van der Waals surface area contributed by atoms with Crippen molar-refractivity contribution in [1.82, 2.24) is 19.8 Å². The Morgan fingerprint density at radius 2 is 1.75 bits per heavy atom. The molecule has 0 spiro atoms. The Kier molecular flexibility index (Phi) is 5.95. The van der Waals surface area contributed by atoms with Crippen LogP contribution in [-0.2, 0) is 16.4 Å². The van der Waals surface area contributed by atoms with Gasteiger partial charge in [-0.2, -0.15) is 0 Å². The summed E-state index contributed by atoms with van der Waals surface area (Å²) in [6, 6.07) is 6.85. The first kappa shape index (κ1) is 20.2. The van der Waals surface area contributed by atoms with Crippen LogP contribution in [0.15, 0.2) is 41.6 Å². The molecule has 1 aromatic heterocycles. The molecule has 0 radical (unpaired) electrons. The highest BCUT2D eigenvalue weighted by molar-refractivity contribution is 7.90. The van der Waals surface area contributed by atoms with Crippen LogP contribution in [0.3, 0.4) is 0 Å². The molecular formula is C19H24N4O4S. The van der Waals surface area contributed by atoms with Gasteiger partial charge in [-0.3, -0.25) is 4.90 Å². The number of amides is 1. The molecule has 150 valence electrons.